The third-order valence-electron chi connectivity index (χ3n) is 3.25. The number of hydrogen-bond acceptors (Lipinski definition) is 6. The average Bonchev–Trinajstić information content (AvgIpc) is 2.55. The Morgan fingerprint density at radius 1 is 1.00 bits per heavy atom. The molecule has 1 aromatic rings. The molecule has 0 aromatic heterocycles. The molecule has 0 saturated heterocycles. The van der Waals surface area contributed by atoms with Gasteiger partial charge >= 0.3 is 17.9 Å². The summed E-state index contributed by atoms with van der Waals surface area (Å²) in [6.07, 6.45) is 3.38. The second kappa shape index (κ2) is 8.10. The quantitative estimate of drug-likeness (QED) is 0.608. The van der Waals surface area contributed by atoms with Gasteiger partial charge in [-0.2, -0.15) is 0 Å². The van der Waals surface area contributed by atoms with Gasteiger partial charge in [-0.15, -0.1) is 0 Å². The summed E-state index contributed by atoms with van der Waals surface area (Å²) >= 11 is 0. The number of rotatable bonds is 5. The van der Waals surface area contributed by atoms with Crippen LogP contribution in [0.3, 0.4) is 0 Å². The highest BCUT2D eigenvalue weighted by Crippen LogP contribution is 2.21. The van der Waals surface area contributed by atoms with Crippen molar-refractivity contribution < 1.29 is 28.6 Å². The van der Waals surface area contributed by atoms with E-state index < -0.39 is 30.1 Å². The second-order valence-electron chi connectivity index (χ2n) is 5.17. The maximum absolute atomic E-state index is 12.0. The highest BCUT2D eigenvalue weighted by Gasteiger charge is 2.31. The number of esters is 3. The number of carbonyl (C=O) groups is 3. The molecule has 2 rings (SSSR count). The topological polar surface area (TPSA) is 78.9 Å². The smallest absolute Gasteiger partial charge is 0.338 e. The van der Waals surface area contributed by atoms with Crippen LogP contribution in [0.2, 0.25) is 0 Å². The third-order valence-corrected chi connectivity index (χ3v) is 3.25. The van der Waals surface area contributed by atoms with Gasteiger partial charge in [0, 0.05) is 19.4 Å². The molecule has 0 fully saturated rings. The van der Waals surface area contributed by atoms with E-state index in [1.54, 1.807) is 48.6 Å². The minimum absolute atomic E-state index is 0.0756. The Kier molecular flexibility index (Phi) is 5.89. The average molecular weight is 330 g/mol. The van der Waals surface area contributed by atoms with Gasteiger partial charge in [0.05, 0.1) is 5.56 Å². The molecule has 1 aliphatic rings. The first-order valence-corrected chi connectivity index (χ1v) is 7.41. The molecule has 0 bridgehead atoms. The number of ether oxygens (including phenoxy) is 3. The largest absolute Gasteiger partial charge is 0.457 e. The molecule has 0 radical (unpaired) electrons. The van der Waals surface area contributed by atoms with Crippen molar-refractivity contribution in [3.05, 3.63) is 59.7 Å². The number of hydrogen-bond donors (Lipinski definition) is 0. The predicted molar refractivity (Wildman–Crippen MR) is 85.1 cm³/mol. The summed E-state index contributed by atoms with van der Waals surface area (Å²) in [5.41, 5.74) is 0.952. The summed E-state index contributed by atoms with van der Waals surface area (Å²) in [7, 11) is 0. The molecule has 24 heavy (non-hydrogen) atoms. The monoisotopic (exact) mass is 330 g/mol. The van der Waals surface area contributed by atoms with Gasteiger partial charge in [0.2, 0.25) is 0 Å². The fourth-order valence-electron chi connectivity index (χ4n) is 2.25. The van der Waals surface area contributed by atoms with Crippen molar-refractivity contribution in [2.24, 2.45) is 0 Å². The highest BCUT2D eigenvalue weighted by molar-refractivity contribution is 5.89. The Hall–Kier alpha value is -2.89. The summed E-state index contributed by atoms with van der Waals surface area (Å²) in [6.45, 7) is 2.45. The molecule has 0 saturated carbocycles. The van der Waals surface area contributed by atoms with Gasteiger partial charge in [-0.1, -0.05) is 30.4 Å². The maximum atomic E-state index is 12.0. The molecule has 0 spiro atoms. The summed E-state index contributed by atoms with van der Waals surface area (Å²) in [6, 6.07) is 8.55. The van der Waals surface area contributed by atoms with E-state index >= 15 is 0 Å². The first-order chi connectivity index (χ1) is 11.5. The minimum atomic E-state index is -0.819. The van der Waals surface area contributed by atoms with Gasteiger partial charge in [0.15, 0.2) is 12.2 Å². The van der Waals surface area contributed by atoms with Crippen molar-refractivity contribution in [1.29, 1.82) is 0 Å². The van der Waals surface area contributed by atoms with Gasteiger partial charge in [-0.3, -0.25) is 9.59 Å². The van der Waals surface area contributed by atoms with Crippen LogP contribution >= 0.6 is 0 Å². The number of allylic oxidation sites excluding steroid dienone is 2. The van der Waals surface area contributed by atoms with E-state index in [9.17, 15) is 14.4 Å². The lowest BCUT2D eigenvalue weighted by molar-refractivity contribution is -0.159. The van der Waals surface area contributed by atoms with Crippen molar-refractivity contribution in [2.75, 3.05) is 6.61 Å². The Morgan fingerprint density at radius 2 is 1.67 bits per heavy atom. The van der Waals surface area contributed by atoms with E-state index in [0.29, 0.717) is 11.1 Å². The van der Waals surface area contributed by atoms with E-state index in [4.69, 9.17) is 14.2 Å². The lowest BCUT2D eigenvalue weighted by atomic mass is 9.99. The lowest BCUT2D eigenvalue weighted by Gasteiger charge is -2.28. The highest BCUT2D eigenvalue weighted by atomic mass is 16.6. The van der Waals surface area contributed by atoms with E-state index in [0.717, 1.165) is 0 Å². The molecule has 0 amide bonds. The molecule has 0 aliphatic heterocycles. The van der Waals surface area contributed by atoms with E-state index in [1.807, 2.05) is 0 Å². The van der Waals surface area contributed by atoms with Crippen LogP contribution in [0.4, 0.5) is 0 Å². The Bertz CT molecular complexity index is 674. The summed E-state index contributed by atoms with van der Waals surface area (Å²) in [4.78, 5) is 34.5. The summed E-state index contributed by atoms with van der Waals surface area (Å²) in [5.74, 6) is -1.51. The van der Waals surface area contributed by atoms with E-state index in [1.165, 1.54) is 13.8 Å². The predicted octanol–water partition coefficient (Wildman–Crippen LogP) is 2.20. The molecule has 0 N–H and O–H groups in total. The van der Waals surface area contributed by atoms with Gasteiger partial charge in [0.1, 0.15) is 6.61 Å². The fraction of sp³-hybridized carbons (Fsp3) is 0.278. The number of carbonyl (C=O) groups excluding carboxylic acids is 3. The zero-order valence-corrected chi connectivity index (χ0v) is 13.4. The van der Waals surface area contributed by atoms with Gasteiger partial charge in [-0.25, -0.2) is 4.79 Å². The van der Waals surface area contributed by atoms with Gasteiger partial charge in [-0.05, 0) is 18.2 Å². The Labute approximate surface area is 139 Å². The van der Waals surface area contributed by atoms with Crippen LogP contribution in [0, 0.1) is 0 Å². The van der Waals surface area contributed by atoms with Crippen molar-refractivity contribution in [3.63, 3.8) is 0 Å². The lowest BCUT2D eigenvalue weighted by Crippen LogP contribution is -2.37. The molecule has 1 aromatic carbocycles. The molecule has 1 aliphatic carbocycles. The van der Waals surface area contributed by atoms with Crippen LogP contribution in [0.1, 0.15) is 24.2 Å². The number of benzene rings is 1. The van der Waals surface area contributed by atoms with E-state index in [-0.39, 0.29) is 6.61 Å². The SMILES string of the molecule is CC(=O)O[C@@H]1C(COC(=O)c2ccccc2)=CC=C[C@H]1OC(C)=O. The Morgan fingerprint density at radius 3 is 2.29 bits per heavy atom. The molecule has 126 valence electrons. The third kappa shape index (κ3) is 4.81. The molecule has 2 atom stereocenters. The Balaban J connectivity index is 2.07. The van der Waals surface area contributed by atoms with Crippen LogP contribution in [0.15, 0.2) is 54.1 Å². The van der Waals surface area contributed by atoms with Crippen LogP contribution < -0.4 is 0 Å². The standard InChI is InChI=1S/C18H18O6/c1-12(19)23-16-10-6-9-15(17(16)24-13(2)20)11-22-18(21)14-7-4-3-5-8-14/h3-10,16-17H,11H2,1-2H3/t16-,17-/m1/s1. The normalized spacial score (nSPS) is 19.2. The first kappa shape index (κ1) is 17.5. The molecule has 6 heteroatoms. The molecule has 0 unspecified atom stereocenters. The fourth-order valence-corrected chi connectivity index (χ4v) is 2.25. The molecular formula is C18H18O6. The van der Waals surface area contributed by atoms with Gasteiger partial charge < -0.3 is 14.2 Å². The first-order valence-electron chi connectivity index (χ1n) is 7.41. The van der Waals surface area contributed by atoms with Crippen molar-refractivity contribution in [1.82, 2.24) is 0 Å². The summed E-state index contributed by atoms with van der Waals surface area (Å²) < 4.78 is 15.6. The van der Waals surface area contributed by atoms with Crippen molar-refractivity contribution in [3.8, 4) is 0 Å². The zero-order valence-electron chi connectivity index (χ0n) is 13.4. The van der Waals surface area contributed by atoms with Crippen LogP contribution in [0.25, 0.3) is 0 Å². The van der Waals surface area contributed by atoms with Gasteiger partial charge in [0.25, 0.3) is 0 Å². The van der Waals surface area contributed by atoms with Crippen LogP contribution in [0.5, 0.6) is 0 Å². The zero-order chi connectivity index (χ0) is 17.5. The van der Waals surface area contributed by atoms with Crippen LogP contribution in [-0.4, -0.2) is 36.7 Å². The molecular weight excluding hydrogens is 312 g/mol. The minimum Gasteiger partial charge on any atom is -0.457 e. The molecule has 6 nitrogen and oxygen atoms in total. The van der Waals surface area contributed by atoms with Crippen LogP contribution in [-0.2, 0) is 23.8 Å². The second-order valence-corrected chi connectivity index (χ2v) is 5.17. The summed E-state index contributed by atoms with van der Waals surface area (Å²) in [5, 5.41) is 0. The molecule has 0 heterocycles. The maximum Gasteiger partial charge on any atom is 0.338 e. The van der Waals surface area contributed by atoms with Crippen molar-refractivity contribution in [2.45, 2.75) is 26.1 Å². The van der Waals surface area contributed by atoms with Crippen molar-refractivity contribution >= 4 is 17.9 Å². The van der Waals surface area contributed by atoms with E-state index in [2.05, 4.69) is 0 Å².